The molecular weight excluding hydrogens is 246 g/mol. The molecule has 2 aromatic heterocycles. The average molecular weight is 260 g/mol. The summed E-state index contributed by atoms with van der Waals surface area (Å²) in [6.07, 6.45) is 1.69. The number of aryl methyl sites for hydroxylation is 1. The van der Waals surface area contributed by atoms with Gasteiger partial charge in [-0.25, -0.2) is 4.98 Å². The van der Waals surface area contributed by atoms with Crippen molar-refractivity contribution >= 4 is 22.5 Å². The van der Waals surface area contributed by atoms with Crippen LogP contribution in [0.15, 0.2) is 36.5 Å². The van der Waals surface area contributed by atoms with Gasteiger partial charge in [0.05, 0.1) is 12.7 Å². The van der Waals surface area contributed by atoms with Crippen molar-refractivity contribution in [2.24, 2.45) is 7.05 Å². The molecule has 18 heavy (non-hydrogen) atoms. The van der Waals surface area contributed by atoms with Crippen LogP contribution in [0.25, 0.3) is 10.9 Å². The first-order valence-electron chi connectivity index (χ1n) is 5.88. The molecule has 0 aliphatic heterocycles. The van der Waals surface area contributed by atoms with Crippen LogP contribution in [-0.2, 0) is 13.6 Å². The van der Waals surface area contributed by atoms with Gasteiger partial charge in [0.25, 0.3) is 0 Å². The zero-order valence-corrected chi connectivity index (χ0v) is 11.1. The molecule has 0 saturated heterocycles. The van der Waals surface area contributed by atoms with Crippen LogP contribution in [0.3, 0.4) is 0 Å². The zero-order valence-electron chi connectivity index (χ0n) is 10.4. The predicted octanol–water partition coefficient (Wildman–Crippen LogP) is 3.38. The zero-order chi connectivity index (χ0) is 12.7. The molecule has 0 atom stereocenters. The van der Waals surface area contributed by atoms with Crippen molar-refractivity contribution in [2.45, 2.75) is 13.5 Å². The molecule has 2 heterocycles. The summed E-state index contributed by atoms with van der Waals surface area (Å²) in [4.78, 5) is 4.35. The van der Waals surface area contributed by atoms with Crippen molar-refractivity contribution in [3.63, 3.8) is 0 Å². The first kappa shape index (κ1) is 11.4. The van der Waals surface area contributed by atoms with Gasteiger partial charge in [0.15, 0.2) is 0 Å². The lowest BCUT2D eigenvalue weighted by Gasteiger charge is -2.08. The van der Waals surface area contributed by atoms with Crippen molar-refractivity contribution < 1.29 is 0 Å². The Hall–Kier alpha value is -1.74. The van der Waals surface area contributed by atoms with Crippen LogP contribution in [0.4, 0.5) is 0 Å². The van der Waals surface area contributed by atoms with E-state index in [1.54, 1.807) is 6.20 Å². The second-order valence-electron chi connectivity index (χ2n) is 4.49. The summed E-state index contributed by atoms with van der Waals surface area (Å²) in [5.74, 6) is 0.962. The third kappa shape index (κ3) is 1.71. The highest BCUT2D eigenvalue weighted by Crippen LogP contribution is 2.21. The molecule has 0 spiro atoms. The standard InChI is InChI=1S/C14H14ClN3/c1-10-7-11-5-3-4-6-12(11)18(10)9-14-16-8-13(15)17(14)2/h3-8H,9H2,1-2H3. The van der Waals surface area contributed by atoms with Crippen LogP contribution in [0, 0.1) is 6.92 Å². The van der Waals surface area contributed by atoms with Crippen molar-refractivity contribution in [3.05, 3.63) is 53.2 Å². The summed E-state index contributed by atoms with van der Waals surface area (Å²) >= 11 is 6.02. The van der Waals surface area contributed by atoms with Crippen molar-refractivity contribution in [3.8, 4) is 0 Å². The SMILES string of the molecule is Cc1cc2ccccc2n1Cc1ncc(Cl)n1C. The second-order valence-corrected chi connectivity index (χ2v) is 4.87. The van der Waals surface area contributed by atoms with Gasteiger partial charge in [0, 0.05) is 18.3 Å². The summed E-state index contributed by atoms with van der Waals surface area (Å²) in [6.45, 7) is 2.85. The number of imidazole rings is 1. The molecule has 4 heteroatoms. The summed E-state index contributed by atoms with van der Waals surface area (Å²) in [5, 5.41) is 1.93. The maximum Gasteiger partial charge on any atom is 0.129 e. The van der Waals surface area contributed by atoms with Gasteiger partial charge in [0.2, 0.25) is 0 Å². The number of hydrogen-bond donors (Lipinski definition) is 0. The van der Waals surface area contributed by atoms with E-state index in [4.69, 9.17) is 11.6 Å². The molecule has 0 N–H and O–H groups in total. The Kier molecular flexibility index (Phi) is 2.63. The van der Waals surface area contributed by atoms with E-state index < -0.39 is 0 Å². The molecule has 0 unspecified atom stereocenters. The molecule has 0 saturated carbocycles. The molecule has 0 fully saturated rings. The normalized spacial score (nSPS) is 11.3. The lowest BCUT2D eigenvalue weighted by atomic mass is 10.2. The summed E-state index contributed by atoms with van der Waals surface area (Å²) in [5.41, 5.74) is 2.46. The fourth-order valence-electron chi connectivity index (χ4n) is 2.27. The van der Waals surface area contributed by atoms with E-state index in [1.807, 2.05) is 11.6 Å². The minimum absolute atomic E-state index is 0.666. The molecule has 0 radical (unpaired) electrons. The quantitative estimate of drug-likeness (QED) is 0.692. The first-order chi connectivity index (χ1) is 8.66. The van der Waals surface area contributed by atoms with Crippen LogP contribution in [0.1, 0.15) is 11.5 Å². The van der Waals surface area contributed by atoms with Crippen molar-refractivity contribution in [1.29, 1.82) is 0 Å². The number of hydrogen-bond acceptors (Lipinski definition) is 1. The van der Waals surface area contributed by atoms with Crippen LogP contribution in [0.2, 0.25) is 5.15 Å². The number of aromatic nitrogens is 3. The Bertz CT molecular complexity index is 709. The third-order valence-electron chi connectivity index (χ3n) is 3.34. The van der Waals surface area contributed by atoms with E-state index in [0.29, 0.717) is 5.15 Å². The topological polar surface area (TPSA) is 22.8 Å². The second kappa shape index (κ2) is 4.18. The van der Waals surface area contributed by atoms with Crippen LogP contribution in [0.5, 0.6) is 0 Å². The molecule has 1 aromatic carbocycles. The Balaban J connectivity index is 2.10. The van der Waals surface area contributed by atoms with Gasteiger partial charge in [0.1, 0.15) is 11.0 Å². The Labute approximate surface area is 111 Å². The summed E-state index contributed by atoms with van der Waals surface area (Å²) in [7, 11) is 1.94. The predicted molar refractivity (Wildman–Crippen MR) is 74.0 cm³/mol. The Morgan fingerprint density at radius 1 is 1.28 bits per heavy atom. The molecule has 0 aliphatic carbocycles. The molecule has 3 aromatic rings. The van der Waals surface area contributed by atoms with E-state index in [1.165, 1.54) is 16.6 Å². The molecule has 3 nitrogen and oxygen atoms in total. The smallest absolute Gasteiger partial charge is 0.129 e. The lowest BCUT2D eigenvalue weighted by Crippen LogP contribution is -2.07. The summed E-state index contributed by atoms with van der Waals surface area (Å²) < 4.78 is 4.17. The number of rotatable bonds is 2. The molecule has 0 amide bonds. The van der Waals surface area contributed by atoms with Gasteiger partial charge in [-0.05, 0) is 24.4 Å². The lowest BCUT2D eigenvalue weighted by molar-refractivity contribution is 0.705. The van der Waals surface area contributed by atoms with E-state index in [2.05, 4.69) is 46.8 Å². The molecule has 0 aliphatic rings. The minimum Gasteiger partial charge on any atom is -0.337 e. The van der Waals surface area contributed by atoms with Crippen LogP contribution < -0.4 is 0 Å². The molecule has 92 valence electrons. The molecular formula is C14H14ClN3. The van der Waals surface area contributed by atoms with Gasteiger partial charge in [-0.3, -0.25) is 0 Å². The van der Waals surface area contributed by atoms with Crippen molar-refractivity contribution in [1.82, 2.24) is 14.1 Å². The van der Waals surface area contributed by atoms with Crippen molar-refractivity contribution in [2.75, 3.05) is 0 Å². The van der Waals surface area contributed by atoms with Gasteiger partial charge in [-0.2, -0.15) is 0 Å². The molecule has 3 rings (SSSR count). The number of halogens is 1. The highest BCUT2D eigenvalue weighted by Gasteiger charge is 2.09. The number of fused-ring (bicyclic) bond motifs is 1. The third-order valence-corrected chi connectivity index (χ3v) is 3.70. The van der Waals surface area contributed by atoms with Gasteiger partial charge < -0.3 is 9.13 Å². The van der Waals surface area contributed by atoms with E-state index in [9.17, 15) is 0 Å². The van der Waals surface area contributed by atoms with E-state index in [0.717, 1.165) is 12.4 Å². The highest BCUT2D eigenvalue weighted by atomic mass is 35.5. The number of para-hydroxylation sites is 1. The maximum atomic E-state index is 6.02. The summed E-state index contributed by atoms with van der Waals surface area (Å²) in [6, 6.07) is 10.6. The van der Waals surface area contributed by atoms with Crippen LogP contribution in [-0.4, -0.2) is 14.1 Å². The number of benzene rings is 1. The van der Waals surface area contributed by atoms with Crippen LogP contribution >= 0.6 is 11.6 Å². The Morgan fingerprint density at radius 3 is 2.78 bits per heavy atom. The Morgan fingerprint density at radius 2 is 2.06 bits per heavy atom. The molecule has 0 bridgehead atoms. The largest absolute Gasteiger partial charge is 0.337 e. The fraction of sp³-hybridized carbons (Fsp3) is 0.214. The number of nitrogens with zero attached hydrogens (tertiary/aromatic N) is 3. The monoisotopic (exact) mass is 259 g/mol. The minimum atomic E-state index is 0.666. The highest BCUT2D eigenvalue weighted by molar-refractivity contribution is 6.29. The maximum absolute atomic E-state index is 6.02. The fourth-order valence-corrected chi connectivity index (χ4v) is 2.42. The van der Waals surface area contributed by atoms with Gasteiger partial charge in [-0.15, -0.1) is 0 Å². The van der Waals surface area contributed by atoms with Gasteiger partial charge in [-0.1, -0.05) is 29.8 Å². The first-order valence-corrected chi connectivity index (χ1v) is 6.25. The van der Waals surface area contributed by atoms with E-state index >= 15 is 0 Å². The van der Waals surface area contributed by atoms with Gasteiger partial charge >= 0.3 is 0 Å². The average Bonchev–Trinajstić information content (AvgIpc) is 2.85. The van der Waals surface area contributed by atoms with E-state index in [-0.39, 0.29) is 0 Å².